The van der Waals surface area contributed by atoms with Crippen molar-refractivity contribution in [2.24, 2.45) is 0 Å². The van der Waals surface area contributed by atoms with Crippen LogP contribution in [0.4, 0.5) is 5.82 Å². The number of hydrogen-bond acceptors (Lipinski definition) is 5. The Hall–Kier alpha value is -1.07. The summed E-state index contributed by atoms with van der Waals surface area (Å²) < 4.78 is 10.9. The first-order chi connectivity index (χ1) is 9.22. The molecule has 0 atom stereocenters. The molecule has 0 saturated carbocycles. The molecule has 0 bridgehead atoms. The number of aromatic nitrogens is 2. The summed E-state index contributed by atoms with van der Waals surface area (Å²) in [4.78, 5) is 10.9. The molecule has 1 aliphatic rings. The molecule has 5 nitrogen and oxygen atoms in total. The minimum absolute atomic E-state index is 0.319. The van der Waals surface area contributed by atoms with E-state index in [-0.39, 0.29) is 0 Å². The summed E-state index contributed by atoms with van der Waals surface area (Å²) in [6, 6.07) is 1.88. The van der Waals surface area contributed by atoms with Gasteiger partial charge in [0.05, 0.1) is 19.8 Å². The van der Waals surface area contributed by atoms with Crippen LogP contribution in [0.15, 0.2) is 6.07 Å². The van der Waals surface area contributed by atoms with Crippen molar-refractivity contribution in [2.75, 3.05) is 37.6 Å². The van der Waals surface area contributed by atoms with Crippen molar-refractivity contribution < 1.29 is 9.47 Å². The van der Waals surface area contributed by atoms with Gasteiger partial charge in [0.25, 0.3) is 0 Å². The highest BCUT2D eigenvalue weighted by Gasteiger charge is 2.21. The Bertz CT molecular complexity index is 409. The van der Waals surface area contributed by atoms with Gasteiger partial charge in [0.15, 0.2) is 0 Å². The van der Waals surface area contributed by atoms with Crippen LogP contribution in [0.2, 0.25) is 0 Å². The lowest BCUT2D eigenvalue weighted by molar-refractivity contribution is 0.0471. The van der Waals surface area contributed by atoms with Gasteiger partial charge in [0, 0.05) is 25.0 Å². The monoisotopic (exact) mass is 285 g/mol. The topological polar surface area (TPSA) is 47.5 Å². The van der Waals surface area contributed by atoms with Crippen LogP contribution >= 0.6 is 11.6 Å². The molecule has 0 aliphatic carbocycles. The average molecular weight is 286 g/mol. The van der Waals surface area contributed by atoms with Crippen molar-refractivity contribution in [1.29, 1.82) is 0 Å². The SMILES string of the molecule is COc1cc(N2CCC(OCCCl)CC2)nc(C)n1. The molecule has 0 aromatic carbocycles. The second kappa shape index (κ2) is 6.91. The number of halogens is 1. The van der Waals surface area contributed by atoms with E-state index in [1.54, 1.807) is 7.11 Å². The van der Waals surface area contributed by atoms with Gasteiger partial charge in [-0.05, 0) is 19.8 Å². The second-order valence-corrected chi connectivity index (χ2v) is 4.94. The third-order valence-electron chi connectivity index (χ3n) is 3.21. The maximum atomic E-state index is 5.67. The number of rotatable bonds is 5. The maximum Gasteiger partial charge on any atom is 0.218 e. The molecule has 2 heterocycles. The van der Waals surface area contributed by atoms with Gasteiger partial charge in [-0.3, -0.25) is 0 Å². The summed E-state index contributed by atoms with van der Waals surface area (Å²) >= 11 is 5.63. The number of ether oxygens (including phenoxy) is 2. The van der Waals surface area contributed by atoms with Crippen molar-refractivity contribution >= 4 is 17.4 Å². The fourth-order valence-electron chi connectivity index (χ4n) is 2.25. The number of hydrogen-bond donors (Lipinski definition) is 0. The molecular formula is C13H20ClN3O2. The Balaban J connectivity index is 1.95. The van der Waals surface area contributed by atoms with Crippen molar-refractivity contribution in [2.45, 2.75) is 25.9 Å². The smallest absolute Gasteiger partial charge is 0.218 e. The highest BCUT2D eigenvalue weighted by molar-refractivity contribution is 6.17. The summed E-state index contributed by atoms with van der Waals surface area (Å²) in [6.07, 6.45) is 2.32. The number of nitrogens with zero attached hydrogens (tertiary/aromatic N) is 3. The van der Waals surface area contributed by atoms with Gasteiger partial charge in [0.1, 0.15) is 11.6 Å². The van der Waals surface area contributed by atoms with Gasteiger partial charge in [-0.1, -0.05) is 0 Å². The summed E-state index contributed by atoms with van der Waals surface area (Å²) in [5, 5.41) is 0. The average Bonchev–Trinajstić information content (AvgIpc) is 2.45. The van der Waals surface area contributed by atoms with Gasteiger partial charge in [-0.15, -0.1) is 11.6 Å². The molecule has 1 aliphatic heterocycles. The van der Waals surface area contributed by atoms with E-state index < -0.39 is 0 Å². The van der Waals surface area contributed by atoms with E-state index in [4.69, 9.17) is 21.1 Å². The number of anilines is 1. The quantitative estimate of drug-likeness (QED) is 0.775. The van der Waals surface area contributed by atoms with Crippen molar-refractivity contribution in [3.63, 3.8) is 0 Å². The summed E-state index contributed by atoms with van der Waals surface area (Å²) in [6.45, 7) is 4.38. The lowest BCUT2D eigenvalue weighted by Gasteiger charge is -2.32. The molecule has 1 aromatic heterocycles. The minimum Gasteiger partial charge on any atom is -0.481 e. The van der Waals surface area contributed by atoms with Gasteiger partial charge >= 0.3 is 0 Å². The van der Waals surface area contributed by atoms with Crippen LogP contribution < -0.4 is 9.64 Å². The fourth-order valence-corrected chi connectivity index (χ4v) is 2.34. The zero-order chi connectivity index (χ0) is 13.7. The lowest BCUT2D eigenvalue weighted by atomic mass is 10.1. The van der Waals surface area contributed by atoms with Crippen LogP contribution in [0.5, 0.6) is 5.88 Å². The second-order valence-electron chi connectivity index (χ2n) is 4.56. The Morgan fingerprint density at radius 1 is 1.37 bits per heavy atom. The highest BCUT2D eigenvalue weighted by atomic mass is 35.5. The first kappa shape index (κ1) is 14.3. The predicted octanol–water partition coefficient (Wildman–Crippen LogP) is 2.02. The van der Waals surface area contributed by atoms with Gasteiger partial charge in [0.2, 0.25) is 5.88 Å². The van der Waals surface area contributed by atoms with Crippen molar-refractivity contribution in [1.82, 2.24) is 9.97 Å². The molecule has 19 heavy (non-hydrogen) atoms. The van der Waals surface area contributed by atoms with E-state index in [2.05, 4.69) is 14.9 Å². The number of piperidine rings is 1. The molecule has 1 fully saturated rings. The molecule has 6 heteroatoms. The standard InChI is InChI=1S/C13H20ClN3O2/c1-10-15-12(9-13(16-10)18-2)17-6-3-11(4-7-17)19-8-5-14/h9,11H,3-8H2,1-2H3. The third kappa shape index (κ3) is 3.94. The van der Waals surface area contributed by atoms with Crippen molar-refractivity contribution in [3.05, 3.63) is 11.9 Å². The summed E-state index contributed by atoms with van der Waals surface area (Å²) in [5.41, 5.74) is 0. The maximum absolute atomic E-state index is 5.67. The number of alkyl halides is 1. The minimum atomic E-state index is 0.319. The predicted molar refractivity (Wildman–Crippen MR) is 75.2 cm³/mol. The molecule has 0 unspecified atom stereocenters. The fraction of sp³-hybridized carbons (Fsp3) is 0.692. The first-order valence-corrected chi connectivity index (χ1v) is 7.08. The van der Waals surface area contributed by atoms with E-state index in [1.807, 2.05) is 13.0 Å². The van der Waals surface area contributed by atoms with Gasteiger partial charge in [-0.25, -0.2) is 4.98 Å². The number of aryl methyl sites for hydroxylation is 1. The van der Waals surface area contributed by atoms with E-state index in [1.165, 1.54) is 0 Å². The Morgan fingerprint density at radius 2 is 2.11 bits per heavy atom. The van der Waals surface area contributed by atoms with E-state index in [9.17, 15) is 0 Å². The van der Waals surface area contributed by atoms with Crippen LogP contribution in [0.3, 0.4) is 0 Å². The van der Waals surface area contributed by atoms with Crippen LogP contribution in [0, 0.1) is 6.92 Å². The number of methoxy groups -OCH3 is 1. The van der Waals surface area contributed by atoms with Crippen LogP contribution in [-0.2, 0) is 4.74 Å². The Morgan fingerprint density at radius 3 is 2.74 bits per heavy atom. The molecule has 1 aromatic rings. The summed E-state index contributed by atoms with van der Waals surface area (Å²) in [7, 11) is 1.62. The Kier molecular flexibility index (Phi) is 5.22. The molecular weight excluding hydrogens is 266 g/mol. The molecule has 0 N–H and O–H groups in total. The van der Waals surface area contributed by atoms with Crippen LogP contribution in [0.25, 0.3) is 0 Å². The van der Waals surface area contributed by atoms with E-state index in [0.29, 0.717) is 24.5 Å². The van der Waals surface area contributed by atoms with E-state index in [0.717, 1.165) is 37.6 Å². The highest BCUT2D eigenvalue weighted by Crippen LogP contribution is 2.22. The molecule has 0 spiro atoms. The normalized spacial score (nSPS) is 16.7. The zero-order valence-corrected chi connectivity index (χ0v) is 12.2. The molecule has 2 rings (SSSR count). The molecule has 0 amide bonds. The molecule has 1 saturated heterocycles. The van der Waals surface area contributed by atoms with Crippen LogP contribution in [0.1, 0.15) is 18.7 Å². The first-order valence-electron chi connectivity index (χ1n) is 6.55. The molecule has 0 radical (unpaired) electrons. The Labute approximate surface area is 118 Å². The summed E-state index contributed by atoms with van der Waals surface area (Å²) in [5.74, 6) is 2.83. The van der Waals surface area contributed by atoms with Gasteiger partial charge < -0.3 is 14.4 Å². The lowest BCUT2D eigenvalue weighted by Crippen LogP contribution is -2.37. The van der Waals surface area contributed by atoms with E-state index >= 15 is 0 Å². The van der Waals surface area contributed by atoms with Gasteiger partial charge in [-0.2, -0.15) is 4.98 Å². The zero-order valence-electron chi connectivity index (χ0n) is 11.4. The van der Waals surface area contributed by atoms with Crippen LogP contribution in [-0.4, -0.2) is 48.8 Å². The largest absolute Gasteiger partial charge is 0.481 e. The third-order valence-corrected chi connectivity index (χ3v) is 3.36. The van der Waals surface area contributed by atoms with Crippen molar-refractivity contribution in [3.8, 4) is 5.88 Å². The molecule has 106 valence electrons.